The maximum Gasteiger partial charge on any atom is 0.125 e. The van der Waals surface area contributed by atoms with Crippen LogP contribution in [0, 0.1) is 0 Å². The van der Waals surface area contributed by atoms with E-state index >= 15 is 0 Å². The number of benzene rings is 1. The average molecular weight is 262 g/mol. The second-order valence-corrected chi connectivity index (χ2v) is 5.84. The van der Waals surface area contributed by atoms with Crippen LogP contribution in [-0.2, 0) is 19.3 Å². The number of fused-ring (bicyclic) bond motifs is 1. The summed E-state index contributed by atoms with van der Waals surface area (Å²) >= 11 is 0. The molecular weight excluding hydrogens is 240 g/mol. The zero-order valence-corrected chi connectivity index (χ0v) is 11.8. The number of ether oxygens (including phenoxy) is 2. The molecule has 1 saturated carbocycles. The molecule has 0 aliphatic heterocycles. The zero-order chi connectivity index (χ0) is 13.5. The minimum absolute atomic E-state index is 0.499. The summed E-state index contributed by atoms with van der Waals surface area (Å²) in [5.41, 5.74) is 3.20. The predicted octanol–water partition coefficient (Wildman–Crippen LogP) is 2.65. The fourth-order valence-electron chi connectivity index (χ4n) is 3.18. The fraction of sp³-hybridized carbons (Fsp3) is 0.625. The summed E-state index contributed by atoms with van der Waals surface area (Å²) in [7, 11) is 3.46. The molecule has 0 aromatic heterocycles. The molecule has 1 aromatic carbocycles. The highest BCUT2D eigenvalue weighted by Crippen LogP contribution is 2.44. The minimum Gasteiger partial charge on any atom is -0.496 e. The lowest BCUT2D eigenvalue weighted by molar-refractivity contribution is 0.149. The van der Waals surface area contributed by atoms with Crippen molar-refractivity contribution in [2.75, 3.05) is 14.2 Å². The third-order valence-electron chi connectivity index (χ3n) is 4.41. The lowest BCUT2D eigenvalue weighted by atomic mass is 9.87. The first-order valence-corrected chi connectivity index (χ1v) is 7.15. The quantitative estimate of drug-likeness (QED) is 0.906. The molecule has 0 radical (unpaired) electrons. The van der Waals surface area contributed by atoms with Gasteiger partial charge in [-0.3, -0.25) is 0 Å². The van der Waals surface area contributed by atoms with Gasteiger partial charge in [0.25, 0.3) is 0 Å². The molecule has 3 rings (SSSR count). The van der Waals surface area contributed by atoms with E-state index in [9.17, 15) is 5.11 Å². The third-order valence-corrected chi connectivity index (χ3v) is 4.41. The monoisotopic (exact) mass is 262 g/mol. The topological polar surface area (TPSA) is 38.7 Å². The summed E-state index contributed by atoms with van der Waals surface area (Å²) in [6, 6.07) is 2.07. The maximum atomic E-state index is 10.2. The Morgan fingerprint density at radius 2 is 1.79 bits per heavy atom. The SMILES string of the molecule is COc1cc(CC2(O)CC2)c(OC)c2c1CCCC2. The maximum absolute atomic E-state index is 10.2. The van der Waals surface area contributed by atoms with Crippen LogP contribution in [0.2, 0.25) is 0 Å². The van der Waals surface area contributed by atoms with E-state index in [1.54, 1.807) is 14.2 Å². The van der Waals surface area contributed by atoms with Crippen molar-refractivity contribution in [3.05, 3.63) is 22.8 Å². The van der Waals surface area contributed by atoms with E-state index in [-0.39, 0.29) is 0 Å². The van der Waals surface area contributed by atoms with Gasteiger partial charge in [0.2, 0.25) is 0 Å². The summed E-state index contributed by atoms with van der Waals surface area (Å²) in [5.74, 6) is 1.95. The van der Waals surface area contributed by atoms with Crippen molar-refractivity contribution in [1.82, 2.24) is 0 Å². The molecule has 0 unspecified atom stereocenters. The van der Waals surface area contributed by atoms with Gasteiger partial charge in [0.05, 0.1) is 19.8 Å². The van der Waals surface area contributed by atoms with E-state index in [1.807, 2.05) is 0 Å². The molecule has 0 atom stereocenters. The van der Waals surface area contributed by atoms with E-state index in [4.69, 9.17) is 9.47 Å². The largest absolute Gasteiger partial charge is 0.496 e. The summed E-state index contributed by atoms with van der Waals surface area (Å²) in [6.45, 7) is 0. The second kappa shape index (κ2) is 4.71. The Hall–Kier alpha value is -1.22. The summed E-state index contributed by atoms with van der Waals surface area (Å²) < 4.78 is 11.2. The van der Waals surface area contributed by atoms with Gasteiger partial charge in [-0.1, -0.05) is 0 Å². The Balaban J connectivity index is 2.07. The van der Waals surface area contributed by atoms with Crippen molar-refractivity contribution >= 4 is 0 Å². The number of hydrogen-bond donors (Lipinski definition) is 1. The standard InChI is InChI=1S/C16H22O3/c1-18-14-9-11(10-16(17)7-8-16)15(19-2)13-6-4-3-5-12(13)14/h9,17H,3-8,10H2,1-2H3. The van der Waals surface area contributed by atoms with Crippen molar-refractivity contribution in [1.29, 1.82) is 0 Å². The summed E-state index contributed by atoms with van der Waals surface area (Å²) in [5, 5.41) is 10.2. The van der Waals surface area contributed by atoms with E-state index in [0.29, 0.717) is 6.42 Å². The van der Waals surface area contributed by atoms with Crippen molar-refractivity contribution < 1.29 is 14.6 Å². The van der Waals surface area contributed by atoms with Crippen LogP contribution < -0.4 is 9.47 Å². The number of aliphatic hydroxyl groups is 1. The molecule has 1 aromatic rings. The van der Waals surface area contributed by atoms with Crippen LogP contribution in [0.15, 0.2) is 6.07 Å². The van der Waals surface area contributed by atoms with Crippen LogP contribution in [0.1, 0.15) is 42.4 Å². The first-order chi connectivity index (χ1) is 9.17. The molecule has 3 nitrogen and oxygen atoms in total. The molecule has 0 spiro atoms. The van der Waals surface area contributed by atoms with Gasteiger partial charge in [-0.15, -0.1) is 0 Å². The van der Waals surface area contributed by atoms with E-state index < -0.39 is 5.60 Å². The molecule has 1 N–H and O–H groups in total. The van der Waals surface area contributed by atoms with Gasteiger partial charge in [-0.05, 0) is 44.6 Å². The van der Waals surface area contributed by atoms with Crippen LogP contribution in [0.5, 0.6) is 11.5 Å². The van der Waals surface area contributed by atoms with E-state index in [2.05, 4.69) is 6.07 Å². The van der Waals surface area contributed by atoms with Gasteiger partial charge in [-0.2, -0.15) is 0 Å². The van der Waals surface area contributed by atoms with Crippen molar-refractivity contribution in [2.45, 2.75) is 50.5 Å². The van der Waals surface area contributed by atoms with Gasteiger partial charge < -0.3 is 14.6 Å². The Bertz CT molecular complexity index is 489. The Labute approximate surface area is 114 Å². The van der Waals surface area contributed by atoms with Crippen LogP contribution in [0.25, 0.3) is 0 Å². The molecule has 104 valence electrons. The first-order valence-electron chi connectivity index (χ1n) is 7.15. The molecular formula is C16H22O3. The van der Waals surface area contributed by atoms with E-state index in [0.717, 1.165) is 42.7 Å². The van der Waals surface area contributed by atoms with Crippen LogP contribution >= 0.6 is 0 Å². The Kier molecular flexibility index (Phi) is 3.17. The lowest BCUT2D eigenvalue weighted by Crippen LogP contribution is -2.15. The second-order valence-electron chi connectivity index (χ2n) is 5.84. The molecule has 2 aliphatic rings. The number of hydrogen-bond acceptors (Lipinski definition) is 3. The number of methoxy groups -OCH3 is 2. The minimum atomic E-state index is -0.499. The fourth-order valence-corrected chi connectivity index (χ4v) is 3.18. The molecule has 3 heteroatoms. The Morgan fingerprint density at radius 3 is 2.37 bits per heavy atom. The van der Waals surface area contributed by atoms with Crippen molar-refractivity contribution in [3.8, 4) is 11.5 Å². The predicted molar refractivity (Wildman–Crippen MR) is 74.1 cm³/mol. The smallest absolute Gasteiger partial charge is 0.125 e. The average Bonchev–Trinajstić information content (AvgIpc) is 3.15. The number of rotatable bonds is 4. The molecule has 0 amide bonds. The van der Waals surface area contributed by atoms with Crippen LogP contribution in [-0.4, -0.2) is 24.9 Å². The van der Waals surface area contributed by atoms with Gasteiger partial charge in [0.15, 0.2) is 0 Å². The third kappa shape index (κ3) is 2.32. The highest BCUT2D eigenvalue weighted by Gasteiger charge is 2.41. The highest BCUT2D eigenvalue weighted by molar-refractivity contribution is 5.55. The molecule has 0 saturated heterocycles. The van der Waals surface area contributed by atoms with Gasteiger partial charge in [-0.25, -0.2) is 0 Å². The summed E-state index contributed by atoms with van der Waals surface area (Å²) in [6.07, 6.45) is 7.03. The molecule has 0 bridgehead atoms. The van der Waals surface area contributed by atoms with Crippen LogP contribution in [0.3, 0.4) is 0 Å². The zero-order valence-electron chi connectivity index (χ0n) is 11.8. The first kappa shape index (κ1) is 12.8. The molecule has 0 heterocycles. The molecule has 2 aliphatic carbocycles. The molecule has 1 fully saturated rings. The van der Waals surface area contributed by atoms with E-state index in [1.165, 1.54) is 24.0 Å². The van der Waals surface area contributed by atoms with Crippen LogP contribution in [0.4, 0.5) is 0 Å². The van der Waals surface area contributed by atoms with Gasteiger partial charge >= 0.3 is 0 Å². The van der Waals surface area contributed by atoms with Crippen molar-refractivity contribution in [2.24, 2.45) is 0 Å². The normalized spacial score (nSPS) is 19.7. The summed E-state index contributed by atoms with van der Waals surface area (Å²) in [4.78, 5) is 0. The highest BCUT2D eigenvalue weighted by atomic mass is 16.5. The Morgan fingerprint density at radius 1 is 1.11 bits per heavy atom. The van der Waals surface area contributed by atoms with Crippen molar-refractivity contribution in [3.63, 3.8) is 0 Å². The van der Waals surface area contributed by atoms with Gasteiger partial charge in [0, 0.05) is 23.1 Å². The van der Waals surface area contributed by atoms with Gasteiger partial charge in [0.1, 0.15) is 11.5 Å². The molecule has 19 heavy (non-hydrogen) atoms. The lowest BCUT2D eigenvalue weighted by Gasteiger charge is -2.24.